The molecule has 6 nitrogen and oxygen atoms in total. The van der Waals surface area contributed by atoms with Gasteiger partial charge in [-0.1, -0.05) is 18.7 Å². The first kappa shape index (κ1) is 16.0. The summed E-state index contributed by atoms with van der Waals surface area (Å²) in [6.07, 6.45) is 5.67. The lowest BCUT2D eigenvalue weighted by Gasteiger charge is -2.30. The zero-order valence-electron chi connectivity index (χ0n) is 13.3. The molecule has 0 unspecified atom stereocenters. The highest BCUT2D eigenvalue weighted by Crippen LogP contribution is 2.28. The number of piperidine rings is 1. The number of hydrogen-bond acceptors (Lipinski definition) is 4. The fourth-order valence-electron chi connectivity index (χ4n) is 2.86. The molecule has 1 aromatic heterocycles. The number of amides is 2. The molecule has 1 N–H and O–H groups in total. The van der Waals surface area contributed by atoms with Crippen molar-refractivity contribution in [2.45, 2.75) is 12.8 Å². The normalized spacial score (nSPS) is 15.1. The van der Waals surface area contributed by atoms with Crippen molar-refractivity contribution in [2.75, 3.05) is 18.4 Å². The number of likely N-dealkylation sites (tertiary alicyclic amines) is 1. The van der Waals surface area contributed by atoms with Crippen LogP contribution in [0.5, 0.6) is 0 Å². The van der Waals surface area contributed by atoms with Crippen LogP contribution in [-0.2, 0) is 9.59 Å². The second-order valence-corrected chi connectivity index (χ2v) is 5.68. The molecule has 2 amide bonds. The largest absolute Gasteiger partial charge is 0.444 e. The van der Waals surface area contributed by atoms with E-state index in [1.807, 2.05) is 24.3 Å². The molecule has 1 aliphatic rings. The van der Waals surface area contributed by atoms with Crippen molar-refractivity contribution < 1.29 is 14.0 Å². The number of para-hydroxylation sites is 1. The lowest BCUT2D eigenvalue weighted by atomic mass is 9.95. The Morgan fingerprint density at radius 3 is 2.71 bits per heavy atom. The van der Waals surface area contributed by atoms with Crippen molar-refractivity contribution in [1.82, 2.24) is 9.88 Å². The number of benzene rings is 1. The first-order chi connectivity index (χ1) is 11.7. The quantitative estimate of drug-likeness (QED) is 0.877. The summed E-state index contributed by atoms with van der Waals surface area (Å²) in [6.45, 7) is 4.64. The third-order valence-corrected chi connectivity index (χ3v) is 4.20. The zero-order valence-corrected chi connectivity index (χ0v) is 13.3. The number of oxazole rings is 1. The minimum atomic E-state index is -0.114. The van der Waals surface area contributed by atoms with Gasteiger partial charge in [0.1, 0.15) is 6.26 Å². The van der Waals surface area contributed by atoms with Gasteiger partial charge in [0.05, 0.1) is 17.4 Å². The number of nitrogens with one attached hydrogen (secondary N) is 1. The Morgan fingerprint density at radius 2 is 2.04 bits per heavy atom. The van der Waals surface area contributed by atoms with Gasteiger partial charge >= 0.3 is 0 Å². The Hall–Kier alpha value is -2.89. The molecule has 0 bridgehead atoms. The van der Waals surface area contributed by atoms with Crippen molar-refractivity contribution in [3.63, 3.8) is 0 Å². The van der Waals surface area contributed by atoms with Gasteiger partial charge in [0.15, 0.2) is 0 Å². The lowest BCUT2D eigenvalue weighted by Crippen LogP contribution is -2.40. The molecule has 0 atom stereocenters. The minimum absolute atomic E-state index is 0.0419. The van der Waals surface area contributed by atoms with Gasteiger partial charge in [0.25, 0.3) is 0 Å². The van der Waals surface area contributed by atoms with Gasteiger partial charge in [-0.25, -0.2) is 4.98 Å². The number of rotatable bonds is 4. The summed E-state index contributed by atoms with van der Waals surface area (Å²) >= 11 is 0. The summed E-state index contributed by atoms with van der Waals surface area (Å²) in [5.74, 6) is 0.233. The Labute approximate surface area is 140 Å². The molecule has 0 saturated carbocycles. The third-order valence-electron chi connectivity index (χ3n) is 4.20. The number of anilines is 1. The molecule has 1 saturated heterocycles. The highest BCUT2D eigenvalue weighted by molar-refractivity contribution is 5.96. The standard InChI is InChI=1S/C18H19N3O3/c1-2-16(22)21-10-7-13(8-11-21)17(23)20-15-6-4-3-5-14(15)18-19-9-12-24-18/h2-6,9,12-13H,1,7-8,10-11H2,(H,20,23). The maximum absolute atomic E-state index is 12.5. The number of aromatic nitrogens is 1. The van der Waals surface area contributed by atoms with Gasteiger partial charge in [-0.05, 0) is 31.1 Å². The molecule has 6 heteroatoms. The van der Waals surface area contributed by atoms with Crippen LogP contribution >= 0.6 is 0 Å². The fourth-order valence-corrected chi connectivity index (χ4v) is 2.86. The molecule has 2 aromatic rings. The SMILES string of the molecule is C=CC(=O)N1CCC(C(=O)Nc2ccccc2-c2ncco2)CC1. The molecule has 0 radical (unpaired) electrons. The van der Waals surface area contributed by atoms with Crippen LogP contribution in [0.3, 0.4) is 0 Å². The minimum Gasteiger partial charge on any atom is -0.444 e. The molecule has 3 rings (SSSR count). The van der Waals surface area contributed by atoms with E-state index in [1.165, 1.54) is 12.3 Å². The summed E-state index contributed by atoms with van der Waals surface area (Å²) in [4.78, 5) is 30.0. The first-order valence-corrected chi connectivity index (χ1v) is 7.90. The molecule has 124 valence electrons. The van der Waals surface area contributed by atoms with Crippen molar-refractivity contribution >= 4 is 17.5 Å². The average molecular weight is 325 g/mol. The maximum Gasteiger partial charge on any atom is 0.245 e. The van der Waals surface area contributed by atoms with E-state index in [2.05, 4.69) is 16.9 Å². The van der Waals surface area contributed by atoms with Gasteiger partial charge < -0.3 is 14.6 Å². The summed E-state index contributed by atoms with van der Waals surface area (Å²) < 4.78 is 5.32. The summed E-state index contributed by atoms with van der Waals surface area (Å²) in [5.41, 5.74) is 1.42. The molecule has 24 heavy (non-hydrogen) atoms. The van der Waals surface area contributed by atoms with Crippen LogP contribution in [0.25, 0.3) is 11.5 Å². The predicted octanol–water partition coefficient (Wildman–Crippen LogP) is 2.70. The Kier molecular flexibility index (Phi) is 4.74. The van der Waals surface area contributed by atoms with Crippen LogP contribution in [0.15, 0.2) is 53.8 Å². The van der Waals surface area contributed by atoms with Crippen LogP contribution in [0.1, 0.15) is 12.8 Å². The Morgan fingerprint density at radius 1 is 1.29 bits per heavy atom. The van der Waals surface area contributed by atoms with Crippen LogP contribution in [0, 0.1) is 5.92 Å². The smallest absolute Gasteiger partial charge is 0.245 e. The van der Waals surface area contributed by atoms with Crippen molar-refractivity contribution in [3.05, 3.63) is 49.4 Å². The maximum atomic E-state index is 12.5. The molecule has 0 aliphatic carbocycles. The van der Waals surface area contributed by atoms with Crippen molar-refractivity contribution in [1.29, 1.82) is 0 Å². The Balaban J connectivity index is 1.66. The molecule has 1 aromatic carbocycles. The monoisotopic (exact) mass is 325 g/mol. The van der Waals surface area contributed by atoms with Gasteiger partial charge in [-0.15, -0.1) is 0 Å². The Bertz CT molecular complexity index is 732. The van der Waals surface area contributed by atoms with E-state index >= 15 is 0 Å². The molecule has 1 fully saturated rings. The average Bonchev–Trinajstić information content (AvgIpc) is 3.16. The van der Waals surface area contributed by atoms with Crippen molar-refractivity contribution in [3.8, 4) is 11.5 Å². The molecule has 0 spiro atoms. The number of nitrogens with zero attached hydrogens (tertiary/aromatic N) is 2. The molecule has 2 heterocycles. The van der Waals surface area contributed by atoms with Crippen LogP contribution in [0.2, 0.25) is 0 Å². The van der Waals surface area contributed by atoms with E-state index in [0.717, 1.165) is 5.56 Å². The van der Waals surface area contributed by atoms with E-state index < -0.39 is 0 Å². The number of carbonyl (C=O) groups is 2. The predicted molar refractivity (Wildman–Crippen MR) is 90.1 cm³/mol. The van der Waals surface area contributed by atoms with Crippen LogP contribution in [0.4, 0.5) is 5.69 Å². The summed E-state index contributed by atoms with van der Waals surface area (Å²) in [7, 11) is 0. The highest BCUT2D eigenvalue weighted by Gasteiger charge is 2.27. The topological polar surface area (TPSA) is 75.4 Å². The van der Waals surface area contributed by atoms with E-state index in [1.54, 1.807) is 11.1 Å². The fraction of sp³-hybridized carbons (Fsp3) is 0.278. The lowest BCUT2D eigenvalue weighted by molar-refractivity contribution is -0.130. The summed E-state index contributed by atoms with van der Waals surface area (Å²) in [5, 5.41) is 2.96. The van der Waals surface area contributed by atoms with Gasteiger partial charge in [-0.3, -0.25) is 9.59 Å². The van der Waals surface area contributed by atoms with Crippen LogP contribution < -0.4 is 5.32 Å². The van der Waals surface area contributed by atoms with Gasteiger partial charge in [-0.2, -0.15) is 0 Å². The van der Waals surface area contributed by atoms with E-state index in [4.69, 9.17) is 4.42 Å². The molecular formula is C18H19N3O3. The highest BCUT2D eigenvalue weighted by atomic mass is 16.3. The third kappa shape index (κ3) is 3.37. The first-order valence-electron chi connectivity index (χ1n) is 7.90. The van der Waals surface area contributed by atoms with Crippen molar-refractivity contribution in [2.24, 2.45) is 5.92 Å². The van der Waals surface area contributed by atoms with Crippen LogP contribution in [-0.4, -0.2) is 34.8 Å². The van der Waals surface area contributed by atoms with Gasteiger partial charge in [0.2, 0.25) is 17.7 Å². The van der Waals surface area contributed by atoms with E-state index in [9.17, 15) is 9.59 Å². The van der Waals surface area contributed by atoms with E-state index in [-0.39, 0.29) is 17.7 Å². The number of hydrogen-bond donors (Lipinski definition) is 1. The molecule has 1 aliphatic heterocycles. The van der Waals surface area contributed by atoms with E-state index in [0.29, 0.717) is 37.5 Å². The second-order valence-electron chi connectivity index (χ2n) is 5.68. The zero-order chi connectivity index (χ0) is 16.9. The summed E-state index contributed by atoms with van der Waals surface area (Å²) in [6, 6.07) is 7.41. The second kappa shape index (κ2) is 7.12. The van der Waals surface area contributed by atoms with Gasteiger partial charge in [0, 0.05) is 19.0 Å². The molecular weight excluding hydrogens is 306 g/mol. The number of carbonyl (C=O) groups excluding carboxylic acids is 2.